The topological polar surface area (TPSA) is 57.2 Å². The van der Waals surface area contributed by atoms with Crippen LogP contribution in [0, 0.1) is 0 Å². The van der Waals surface area contributed by atoms with Crippen LogP contribution in [0.25, 0.3) is 0 Å². The zero-order valence-electron chi connectivity index (χ0n) is 16.9. The molecule has 0 unspecified atom stereocenters. The summed E-state index contributed by atoms with van der Waals surface area (Å²) in [6.07, 6.45) is 2.39. The van der Waals surface area contributed by atoms with E-state index in [4.69, 9.17) is 18.9 Å². The smallest absolute Gasteiger partial charge is 0.227 e. The van der Waals surface area contributed by atoms with Crippen molar-refractivity contribution in [3.8, 4) is 23.0 Å². The van der Waals surface area contributed by atoms with Crippen molar-refractivity contribution in [1.29, 1.82) is 0 Å². The highest BCUT2D eigenvalue weighted by Gasteiger charge is 2.32. The number of carbonyl (C=O) groups excluding carboxylic acids is 1. The van der Waals surface area contributed by atoms with Crippen molar-refractivity contribution >= 4 is 5.91 Å². The Labute approximate surface area is 166 Å². The lowest BCUT2D eigenvalue weighted by Crippen LogP contribution is -2.33. The normalized spacial score (nSPS) is 13.0. The molecule has 0 N–H and O–H groups in total. The van der Waals surface area contributed by atoms with Crippen molar-refractivity contribution < 1.29 is 23.7 Å². The molecule has 3 rings (SSSR count). The van der Waals surface area contributed by atoms with Crippen molar-refractivity contribution in [2.24, 2.45) is 0 Å². The number of ether oxygens (including phenoxy) is 4. The third kappa shape index (κ3) is 4.50. The summed E-state index contributed by atoms with van der Waals surface area (Å²) in [5.41, 5.74) is 1.92. The molecule has 0 radical (unpaired) electrons. The van der Waals surface area contributed by atoms with Gasteiger partial charge in [-0.15, -0.1) is 0 Å². The van der Waals surface area contributed by atoms with Crippen molar-refractivity contribution in [3.05, 3.63) is 47.5 Å². The summed E-state index contributed by atoms with van der Waals surface area (Å²) in [4.78, 5) is 15.0. The number of methoxy groups -OCH3 is 4. The van der Waals surface area contributed by atoms with Gasteiger partial charge in [0.25, 0.3) is 0 Å². The Morgan fingerprint density at radius 2 is 1.50 bits per heavy atom. The van der Waals surface area contributed by atoms with Crippen LogP contribution in [0.5, 0.6) is 23.0 Å². The molecule has 1 saturated carbocycles. The molecule has 6 nitrogen and oxygen atoms in total. The second-order valence-electron chi connectivity index (χ2n) is 6.81. The first-order chi connectivity index (χ1) is 13.6. The second kappa shape index (κ2) is 8.87. The van der Waals surface area contributed by atoms with Crippen LogP contribution in [0.1, 0.15) is 24.0 Å². The lowest BCUT2D eigenvalue weighted by Gasteiger charge is -2.23. The quantitative estimate of drug-likeness (QED) is 0.662. The molecule has 2 aromatic rings. The minimum atomic E-state index is 0.0904. The highest BCUT2D eigenvalue weighted by Crippen LogP contribution is 2.38. The molecule has 0 heterocycles. The molecule has 6 heteroatoms. The summed E-state index contributed by atoms with van der Waals surface area (Å²) in [5.74, 6) is 2.53. The van der Waals surface area contributed by atoms with Crippen LogP contribution in [0.3, 0.4) is 0 Å². The van der Waals surface area contributed by atoms with Crippen molar-refractivity contribution in [3.63, 3.8) is 0 Å². The van der Waals surface area contributed by atoms with Gasteiger partial charge in [0, 0.05) is 12.6 Å². The maximum Gasteiger partial charge on any atom is 0.227 e. The van der Waals surface area contributed by atoms with Gasteiger partial charge in [0.15, 0.2) is 11.5 Å². The molecule has 1 amide bonds. The van der Waals surface area contributed by atoms with E-state index in [0.29, 0.717) is 29.8 Å². The zero-order chi connectivity index (χ0) is 20.1. The van der Waals surface area contributed by atoms with Crippen LogP contribution >= 0.6 is 0 Å². The maximum absolute atomic E-state index is 13.1. The molecular formula is C22H27NO5. The summed E-state index contributed by atoms with van der Waals surface area (Å²) in [6, 6.07) is 11.8. The van der Waals surface area contributed by atoms with Crippen LogP contribution in [0.2, 0.25) is 0 Å². The fraction of sp³-hybridized carbons (Fsp3) is 0.409. The number of hydrogen-bond donors (Lipinski definition) is 0. The van der Waals surface area contributed by atoms with Crippen LogP contribution < -0.4 is 18.9 Å². The van der Waals surface area contributed by atoms with Gasteiger partial charge in [-0.25, -0.2) is 0 Å². The Hall–Kier alpha value is -2.89. The SMILES string of the molecule is COc1ccc(CN(C(=O)Cc2cc(OC)c(OC)c(OC)c2)C2CC2)cc1. The van der Waals surface area contributed by atoms with E-state index in [1.807, 2.05) is 41.3 Å². The minimum absolute atomic E-state index is 0.0904. The Bertz CT molecular complexity index is 789. The average molecular weight is 385 g/mol. The first-order valence-electron chi connectivity index (χ1n) is 9.30. The number of carbonyl (C=O) groups is 1. The van der Waals surface area contributed by atoms with E-state index in [9.17, 15) is 4.79 Å². The molecule has 0 saturated heterocycles. The van der Waals surface area contributed by atoms with Gasteiger partial charge < -0.3 is 23.8 Å². The van der Waals surface area contributed by atoms with E-state index < -0.39 is 0 Å². The van der Waals surface area contributed by atoms with Crippen molar-refractivity contribution in [2.75, 3.05) is 28.4 Å². The van der Waals surface area contributed by atoms with Gasteiger partial charge in [-0.05, 0) is 48.2 Å². The average Bonchev–Trinajstić information content (AvgIpc) is 3.56. The van der Waals surface area contributed by atoms with E-state index in [-0.39, 0.29) is 12.3 Å². The fourth-order valence-electron chi connectivity index (χ4n) is 3.25. The highest BCUT2D eigenvalue weighted by atomic mass is 16.5. The van der Waals surface area contributed by atoms with Gasteiger partial charge in [-0.2, -0.15) is 0 Å². The third-order valence-electron chi connectivity index (χ3n) is 4.90. The molecule has 1 aliphatic rings. The molecule has 0 atom stereocenters. The Kier molecular flexibility index (Phi) is 6.29. The van der Waals surface area contributed by atoms with Gasteiger partial charge in [0.2, 0.25) is 11.7 Å². The van der Waals surface area contributed by atoms with E-state index in [1.165, 1.54) is 0 Å². The summed E-state index contributed by atoms with van der Waals surface area (Å²) in [5, 5.41) is 0. The van der Waals surface area contributed by atoms with Crippen LogP contribution in [-0.2, 0) is 17.8 Å². The van der Waals surface area contributed by atoms with Gasteiger partial charge in [0.1, 0.15) is 5.75 Å². The number of amides is 1. The molecule has 1 aliphatic carbocycles. The predicted octanol–water partition coefficient (Wildman–Crippen LogP) is 3.45. The van der Waals surface area contributed by atoms with Gasteiger partial charge >= 0.3 is 0 Å². The van der Waals surface area contributed by atoms with Crippen LogP contribution in [-0.4, -0.2) is 45.3 Å². The summed E-state index contributed by atoms with van der Waals surface area (Å²) in [6.45, 7) is 0.595. The Morgan fingerprint density at radius 3 is 1.96 bits per heavy atom. The summed E-state index contributed by atoms with van der Waals surface area (Å²) < 4.78 is 21.4. The highest BCUT2D eigenvalue weighted by molar-refractivity contribution is 5.80. The van der Waals surface area contributed by atoms with E-state index >= 15 is 0 Å². The third-order valence-corrected chi connectivity index (χ3v) is 4.90. The molecule has 150 valence electrons. The number of hydrogen-bond acceptors (Lipinski definition) is 5. The molecule has 1 fully saturated rings. The van der Waals surface area contributed by atoms with Crippen LogP contribution in [0.15, 0.2) is 36.4 Å². The Morgan fingerprint density at radius 1 is 0.893 bits per heavy atom. The lowest BCUT2D eigenvalue weighted by molar-refractivity contribution is -0.131. The van der Waals surface area contributed by atoms with Crippen LogP contribution in [0.4, 0.5) is 0 Å². The van der Waals surface area contributed by atoms with E-state index in [2.05, 4.69) is 0 Å². The first kappa shape index (κ1) is 19.9. The molecule has 0 aromatic heterocycles. The van der Waals surface area contributed by atoms with Crippen molar-refractivity contribution in [1.82, 2.24) is 4.90 Å². The number of nitrogens with zero attached hydrogens (tertiary/aromatic N) is 1. The van der Waals surface area contributed by atoms with Gasteiger partial charge in [0.05, 0.1) is 34.9 Å². The van der Waals surface area contributed by atoms with Gasteiger partial charge in [-0.1, -0.05) is 12.1 Å². The predicted molar refractivity (Wildman–Crippen MR) is 106 cm³/mol. The molecule has 28 heavy (non-hydrogen) atoms. The first-order valence-corrected chi connectivity index (χ1v) is 9.30. The van der Waals surface area contributed by atoms with Crippen molar-refractivity contribution in [2.45, 2.75) is 31.8 Å². The molecule has 0 aliphatic heterocycles. The zero-order valence-corrected chi connectivity index (χ0v) is 16.9. The molecule has 2 aromatic carbocycles. The minimum Gasteiger partial charge on any atom is -0.497 e. The van der Waals surface area contributed by atoms with Gasteiger partial charge in [-0.3, -0.25) is 4.79 Å². The standard InChI is InChI=1S/C22H27NO5/c1-25-18-9-5-15(6-10-18)14-23(17-7-8-17)21(24)13-16-11-19(26-2)22(28-4)20(12-16)27-3/h5-6,9-12,17H,7-8,13-14H2,1-4H3. The Balaban J connectivity index is 1.77. The number of rotatable bonds is 9. The number of benzene rings is 2. The summed E-state index contributed by atoms with van der Waals surface area (Å²) in [7, 11) is 6.35. The largest absolute Gasteiger partial charge is 0.497 e. The molecular weight excluding hydrogens is 358 g/mol. The van der Waals surface area contributed by atoms with E-state index in [1.54, 1.807) is 28.4 Å². The second-order valence-corrected chi connectivity index (χ2v) is 6.81. The fourth-order valence-corrected chi connectivity index (χ4v) is 3.25. The lowest BCUT2D eigenvalue weighted by atomic mass is 10.1. The monoisotopic (exact) mass is 385 g/mol. The maximum atomic E-state index is 13.1. The summed E-state index contributed by atoms with van der Waals surface area (Å²) >= 11 is 0. The molecule has 0 bridgehead atoms. The van der Waals surface area contributed by atoms with E-state index in [0.717, 1.165) is 29.7 Å². The molecule has 0 spiro atoms.